The Morgan fingerprint density at radius 1 is 0.794 bits per heavy atom. The van der Waals surface area contributed by atoms with Crippen LogP contribution >= 0.6 is 23.2 Å². The standard InChI is InChI=1S/C27H28Cl2O5/c1-15-13-26(24(31)33-3)21(17-9-5-7-11-19(17)28)16(2)22(18-10-6-8-12-20(18)29)27(14-15,23(26)30)25(32)34-4/h5-12,15-16,21-22H,13-14H2,1-4H3. The zero-order chi connectivity index (χ0) is 24.8. The molecule has 2 bridgehead atoms. The van der Waals surface area contributed by atoms with E-state index in [2.05, 4.69) is 0 Å². The number of hydrogen-bond acceptors (Lipinski definition) is 5. The molecule has 2 fully saturated rings. The fourth-order valence-corrected chi connectivity index (χ4v) is 7.41. The predicted octanol–water partition coefficient (Wildman–Crippen LogP) is 5.83. The molecule has 180 valence electrons. The van der Waals surface area contributed by atoms with E-state index in [1.54, 1.807) is 24.3 Å². The molecule has 0 radical (unpaired) electrons. The molecule has 4 unspecified atom stereocenters. The number of Topliss-reactive ketones (excluding diaryl/α,β-unsaturated/α-hetero) is 1. The maximum atomic E-state index is 14.6. The Morgan fingerprint density at radius 3 is 1.53 bits per heavy atom. The van der Waals surface area contributed by atoms with E-state index >= 15 is 0 Å². The minimum atomic E-state index is -1.58. The first-order valence-electron chi connectivity index (χ1n) is 11.4. The number of methoxy groups -OCH3 is 2. The maximum absolute atomic E-state index is 14.6. The van der Waals surface area contributed by atoms with E-state index in [0.717, 1.165) is 0 Å². The molecule has 2 aromatic rings. The van der Waals surface area contributed by atoms with Gasteiger partial charge in [0.25, 0.3) is 0 Å². The summed E-state index contributed by atoms with van der Waals surface area (Å²) in [5.74, 6) is -3.52. The molecule has 4 rings (SSSR count). The molecular formula is C27H28Cl2O5. The van der Waals surface area contributed by atoms with Gasteiger partial charge in [0.05, 0.1) is 14.2 Å². The molecule has 4 atom stereocenters. The number of ketones is 1. The van der Waals surface area contributed by atoms with Gasteiger partial charge in [-0.15, -0.1) is 0 Å². The average molecular weight is 503 g/mol. The second-order valence-electron chi connectivity index (χ2n) is 9.63. The van der Waals surface area contributed by atoms with Gasteiger partial charge in [0.15, 0.2) is 5.78 Å². The molecule has 0 heterocycles. The SMILES string of the molecule is COC(=O)C12CC(C)CC(C(=O)OC)(C1=O)C(c1ccccc1Cl)C(C)C2c1ccccc1Cl. The number of benzene rings is 2. The van der Waals surface area contributed by atoms with E-state index in [9.17, 15) is 14.4 Å². The second-order valence-corrected chi connectivity index (χ2v) is 10.4. The molecule has 34 heavy (non-hydrogen) atoms. The highest BCUT2D eigenvalue weighted by Crippen LogP contribution is 2.68. The van der Waals surface area contributed by atoms with Crippen molar-refractivity contribution in [2.24, 2.45) is 22.7 Å². The van der Waals surface area contributed by atoms with Gasteiger partial charge >= 0.3 is 11.9 Å². The minimum absolute atomic E-state index is 0.140. The number of carbonyl (C=O) groups is 3. The van der Waals surface area contributed by atoms with Crippen LogP contribution in [-0.4, -0.2) is 31.9 Å². The summed E-state index contributed by atoms with van der Waals surface area (Å²) in [7, 11) is 2.55. The molecule has 0 aliphatic heterocycles. The number of esters is 2. The Bertz CT molecular complexity index is 1060. The highest BCUT2D eigenvalue weighted by molar-refractivity contribution is 6.32. The summed E-state index contributed by atoms with van der Waals surface area (Å²) in [4.78, 5) is 41.8. The molecule has 2 aliphatic carbocycles. The molecule has 0 N–H and O–H groups in total. The molecule has 2 aliphatic rings. The molecule has 7 heteroatoms. The third-order valence-electron chi connectivity index (χ3n) is 7.84. The van der Waals surface area contributed by atoms with Crippen LogP contribution in [0.4, 0.5) is 0 Å². The Labute approximate surface area is 209 Å². The Morgan fingerprint density at radius 2 is 1.18 bits per heavy atom. The lowest BCUT2D eigenvalue weighted by Gasteiger charge is -2.59. The molecule has 0 aromatic heterocycles. The van der Waals surface area contributed by atoms with Gasteiger partial charge in [-0.25, -0.2) is 0 Å². The summed E-state index contributed by atoms with van der Waals surface area (Å²) in [5, 5.41) is 0.911. The summed E-state index contributed by atoms with van der Waals surface area (Å²) < 4.78 is 10.5. The molecule has 2 aromatic carbocycles. The van der Waals surface area contributed by atoms with Crippen LogP contribution < -0.4 is 0 Å². The third-order valence-corrected chi connectivity index (χ3v) is 8.53. The zero-order valence-corrected chi connectivity index (χ0v) is 21.2. The van der Waals surface area contributed by atoms with E-state index in [4.69, 9.17) is 32.7 Å². The lowest BCUT2D eigenvalue weighted by molar-refractivity contribution is -0.189. The number of rotatable bonds is 4. The first-order valence-corrected chi connectivity index (χ1v) is 12.1. The van der Waals surface area contributed by atoms with Gasteiger partial charge in [-0.3, -0.25) is 14.4 Å². The van der Waals surface area contributed by atoms with Crippen LogP contribution in [0, 0.1) is 22.7 Å². The van der Waals surface area contributed by atoms with Crippen molar-refractivity contribution in [2.75, 3.05) is 14.2 Å². The van der Waals surface area contributed by atoms with Crippen molar-refractivity contribution in [2.45, 2.75) is 38.5 Å². The lowest BCUT2D eigenvalue weighted by atomic mass is 9.40. The quantitative estimate of drug-likeness (QED) is 0.388. The van der Waals surface area contributed by atoms with Crippen LogP contribution in [0.2, 0.25) is 10.0 Å². The normalized spacial score (nSPS) is 32.7. The Hall–Kier alpha value is -2.37. The monoisotopic (exact) mass is 502 g/mol. The molecular weight excluding hydrogens is 475 g/mol. The number of halogens is 2. The van der Waals surface area contributed by atoms with Crippen LogP contribution in [0.25, 0.3) is 0 Å². The van der Waals surface area contributed by atoms with Crippen LogP contribution in [0.3, 0.4) is 0 Å². The van der Waals surface area contributed by atoms with Gasteiger partial charge in [-0.2, -0.15) is 0 Å². The zero-order valence-electron chi connectivity index (χ0n) is 19.6. The molecule has 5 nitrogen and oxygen atoms in total. The van der Waals surface area contributed by atoms with Gasteiger partial charge in [0, 0.05) is 21.9 Å². The molecule has 0 saturated heterocycles. The van der Waals surface area contributed by atoms with Gasteiger partial charge in [0.2, 0.25) is 0 Å². The number of hydrogen-bond donors (Lipinski definition) is 0. The fraction of sp³-hybridized carbons (Fsp3) is 0.444. The smallest absolute Gasteiger partial charge is 0.320 e. The maximum Gasteiger partial charge on any atom is 0.320 e. The predicted molar refractivity (Wildman–Crippen MR) is 130 cm³/mol. The van der Waals surface area contributed by atoms with Crippen molar-refractivity contribution in [3.05, 3.63) is 69.7 Å². The van der Waals surface area contributed by atoms with Gasteiger partial charge in [-0.05, 0) is 47.9 Å². The van der Waals surface area contributed by atoms with E-state index < -0.39 is 40.4 Å². The summed E-state index contributed by atoms with van der Waals surface area (Å²) >= 11 is 13.3. The average Bonchev–Trinajstić information content (AvgIpc) is 2.82. The van der Waals surface area contributed by atoms with E-state index in [0.29, 0.717) is 21.2 Å². The summed E-state index contributed by atoms with van der Waals surface area (Å²) in [6.45, 7) is 3.91. The number of carbonyl (C=O) groups excluding carboxylic acids is 3. The van der Waals surface area contributed by atoms with E-state index in [1.807, 2.05) is 38.1 Å². The second kappa shape index (κ2) is 9.01. The highest BCUT2D eigenvalue weighted by atomic mass is 35.5. The summed E-state index contributed by atoms with van der Waals surface area (Å²) in [6, 6.07) is 14.5. The van der Waals surface area contributed by atoms with E-state index in [1.165, 1.54) is 14.2 Å². The fourth-order valence-electron chi connectivity index (χ4n) is 6.90. The van der Waals surface area contributed by atoms with Crippen molar-refractivity contribution in [1.82, 2.24) is 0 Å². The van der Waals surface area contributed by atoms with Crippen LogP contribution in [0.1, 0.15) is 49.7 Å². The first-order chi connectivity index (χ1) is 16.2. The Kier molecular flexibility index (Phi) is 6.56. The van der Waals surface area contributed by atoms with Gasteiger partial charge in [0.1, 0.15) is 10.8 Å². The minimum Gasteiger partial charge on any atom is -0.468 e. The van der Waals surface area contributed by atoms with Crippen molar-refractivity contribution >= 4 is 40.9 Å². The topological polar surface area (TPSA) is 69.7 Å². The Balaban J connectivity index is 2.12. The van der Waals surface area contributed by atoms with E-state index in [-0.39, 0.29) is 24.7 Å². The van der Waals surface area contributed by atoms with Crippen molar-refractivity contribution in [3.8, 4) is 0 Å². The van der Waals surface area contributed by atoms with Crippen LogP contribution in [-0.2, 0) is 23.9 Å². The van der Waals surface area contributed by atoms with Crippen molar-refractivity contribution in [1.29, 1.82) is 0 Å². The summed E-state index contributed by atoms with van der Waals surface area (Å²) in [6.07, 6.45) is 0.513. The highest BCUT2D eigenvalue weighted by Gasteiger charge is 2.74. The number of fused-ring (bicyclic) bond motifs is 2. The van der Waals surface area contributed by atoms with Gasteiger partial charge < -0.3 is 9.47 Å². The largest absolute Gasteiger partial charge is 0.468 e. The van der Waals surface area contributed by atoms with Crippen molar-refractivity contribution in [3.63, 3.8) is 0 Å². The summed E-state index contributed by atoms with van der Waals surface area (Å²) in [5.41, 5.74) is -1.80. The van der Waals surface area contributed by atoms with Crippen molar-refractivity contribution < 1.29 is 23.9 Å². The molecule has 0 amide bonds. The molecule has 0 spiro atoms. The van der Waals surface area contributed by atoms with Crippen LogP contribution in [0.15, 0.2) is 48.5 Å². The number of ether oxygens (including phenoxy) is 2. The first kappa shape index (κ1) is 24.7. The van der Waals surface area contributed by atoms with Crippen LogP contribution in [0.5, 0.6) is 0 Å². The third kappa shape index (κ3) is 3.31. The van der Waals surface area contributed by atoms with Gasteiger partial charge in [-0.1, -0.05) is 73.4 Å². The lowest BCUT2D eigenvalue weighted by Crippen LogP contribution is -2.67. The molecule has 2 saturated carbocycles.